The molecule has 100 valence electrons. The van der Waals surface area contributed by atoms with Crippen molar-refractivity contribution in [3.8, 4) is 5.75 Å². The van der Waals surface area contributed by atoms with Gasteiger partial charge in [-0.1, -0.05) is 23.1 Å². The molecule has 0 radical (unpaired) electrons. The number of para-hydroxylation sites is 1. The normalized spacial score (nSPS) is 14.3. The van der Waals surface area contributed by atoms with Gasteiger partial charge in [0.15, 0.2) is 0 Å². The Kier molecular flexibility index (Phi) is 5.09. The van der Waals surface area contributed by atoms with Gasteiger partial charge in [0.25, 0.3) is 0 Å². The largest absolute Gasteiger partial charge is 0.600 e. The molecule has 0 aliphatic heterocycles. The zero-order valence-corrected chi connectivity index (χ0v) is 11.0. The van der Waals surface area contributed by atoms with Gasteiger partial charge in [-0.2, -0.15) is 0 Å². The molecular formula is C13H20N2O3. The topological polar surface area (TPSA) is 67.9 Å². The van der Waals surface area contributed by atoms with Crippen LogP contribution in [0.2, 0.25) is 0 Å². The summed E-state index contributed by atoms with van der Waals surface area (Å²) in [4.78, 5) is 0.513. The summed E-state index contributed by atoms with van der Waals surface area (Å²) in [7, 11) is 0. The fourth-order valence-corrected chi connectivity index (χ4v) is 1.32. The molecule has 0 heterocycles. The van der Waals surface area contributed by atoms with E-state index in [1.165, 1.54) is 0 Å². The first-order valence-electron chi connectivity index (χ1n) is 5.90. The zero-order chi connectivity index (χ0) is 13.6. The monoisotopic (exact) mass is 252 g/mol. The van der Waals surface area contributed by atoms with E-state index in [1.54, 1.807) is 12.1 Å². The summed E-state index contributed by atoms with van der Waals surface area (Å²) in [6, 6.07) is 9.15. The number of nitrogens with zero attached hydrogens (tertiary/aromatic N) is 2. The molecule has 5 nitrogen and oxygen atoms in total. The maximum absolute atomic E-state index is 11.4. The van der Waals surface area contributed by atoms with Crippen molar-refractivity contribution in [2.75, 3.05) is 13.2 Å². The van der Waals surface area contributed by atoms with Gasteiger partial charge < -0.3 is 15.1 Å². The predicted octanol–water partition coefficient (Wildman–Crippen LogP) is 2.19. The van der Waals surface area contributed by atoms with E-state index in [-0.39, 0.29) is 13.2 Å². The Morgan fingerprint density at radius 2 is 1.94 bits per heavy atom. The predicted molar refractivity (Wildman–Crippen MR) is 68.6 cm³/mol. The third-order valence-corrected chi connectivity index (χ3v) is 1.96. The van der Waals surface area contributed by atoms with Crippen molar-refractivity contribution in [3.63, 3.8) is 0 Å². The first kappa shape index (κ1) is 14.4. The summed E-state index contributed by atoms with van der Waals surface area (Å²) in [5, 5.41) is 24.9. The molecule has 0 saturated carbocycles. The summed E-state index contributed by atoms with van der Waals surface area (Å²) < 4.78 is 5.34. The first-order chi connectivity index (χ1) is 8.37. The molecule has 0 saturated heterocycles. The maximum atomic E-state index is 11.4. The number of azo groups is 1. The minimum atomic E-state index is -0.867. The molecule has 1 N–H and O–H groups in total. The highest BCUT2D eigenvalue weighted by atomic mass is 16.5. The SMILES string of the molecule is CC(C)(C)N=[N+]([O-])CC(O)COc1ccccc1. The number of hydrogen-bond donors (Lipinski definition) is 1. The van der Waals surface area contributed by atoms with Gasteiger partial charge in [0.2, 0.25) is 6.54 Å². The molecule has 0 aliphatic rings. The molecule has 1 aromatic carbocycles. The number of rotatable bonds is 5. The highest BCUT2D eigenvalue weighted by molar-refractivity contribution is 5.20. The van der Waals surface area contributed by atoms with Crippen molar-refractivity contribution in [1.29, 1.82) is 0 Å². The molecule has 0 aromatic heterocycles. The number of aliphatic hydroxyl groups excluding tert-OH is 1. The lowest BCUT2D eigenvalue weighted by molar-refractivity contribution is -0.544. The van der Waals surface area contributed by atoms with Crippen LogP contribution >= 0.6 is 0 Å². The number of hydrogen-bond acceptors (Lipinski definition) is 4. The molecule has 1 aromatic rings. The van der Waals surface area contributed by atoms with Gasteiger partial charge in [-0.05, 0) is 38.0 Å². The van der Waals surface area contributed by atoms with E-state index in [0.717, 1.165) is 0 Å². The van der Waals surface area contributed by atoms with Gasteiger partial charge in [0.05, 0.1) is 0 Å². The summed E-state index contributed by atoms with van der Waals surface area (Å²) in [5.41, 5.74) is -0.443. The van der Waals surface area contributed by atoms with E-state index in [2.05, 4.69) is 5.11 Å². The van der Waals surface area contributed by atoms with Gasteiger partial charge >= 0.3 is 0 Å². The molecule has 1 atom stereocenters. The van der Waals surface area contributed by atoms with Crippen molar-refractivity contribution in [1.82, 2.24) is 0 Å². The standard InChI is InChI=1S/C13H20N2O3/c1-13(2,3)14-15(17)9-11(16)10-18-12-7-5-4-6-8-12/h4-8,11,16H,9-10H2,1-3H3. The lowest BCUT2D eigenvalue weighted by Crippen LogP contribution is -2.28. The number of hydroxylamine groups is 1. The molecule has 0 aliphatic carbocycles. The van der Waals surface area contributed by atoms with Crippen LogP contribution in [-0.4, -0.2) is 34.8 Å². The molecule has 0 fully saturated rings. The Morgan fingerprint density at radius 3 is 2.50 bits per heavy atom. The fraction of sp³-hybridized carbons (Fsp3) is 0.538. The van der Waals surface area contributed by atoms with Crippen LogP contribution < -0.4 is 4.74 Å². The summed E-state index contributed by atoms with van der Waals surface area (Å²) in [5.74, 6) is 0.668. The van der Waals surface area contributed by atoms with Crippen LogP contribution in [0, 0.1) is 5.21 Å². The lowest BCUT2D eigenvalue weighted by atomic mass is 10.1. The van der Waals surface area contributed by atoms with E-state index in [1.807, 2.05) is 39.0 Å². The molecule has 1 rings (SSSR count). The van der Waals surface area contributed by atoms with Crippen LogP contribution in [0.5, 0.6) is 5.75 Å². The minimum absolute atomic E-state index is 0.0718. The molecule has 0 spiro atoms. The second-order valence-electron chi connectivity index (χ2n) is 5.08. The zero-order valence-electron chi connectivity index (χ0n) is 11.0. The number of ether oxygens (including phenoxy) is 1. The third kappa shape index (κ3) is 6.20. The number of benzene rings is 1. The van der Waals surface area contributed by atoms with Gasteiger partial charge in [-0.25, -0.2) is 0 Å². The van der Waals surface area contributed by atoms with Crippen LogP contribution in [0.25, 0.3) is 0 Å². The van der Waals surface area contributed by atoms with Crippen LogP contribution in [0.4, 0.5) is 0 Å². The molecule has 0 amide bonds. The molecule has 5 heteroatoms. The van der Waals surface area contributed by atoms with E-state index in [4.69, 9.17) is 4.74 Å². The van der Waals surface area contributed by atoms with Crippen LogP contribution in [0.1, 0.15) is 20.8 Å². The van der Waals surface area contributed by atoms with Crippen molar-refractivity contribution in [2.24, 2.45) is 5.11 Å². The van der Waals surface area contributed by atoms with Crippen LogP contribution in [0.3, 0.4) is 0 Å². The van der Waals surface area contributed by atoms with E-state index < -0.39 is 11.6 Å². The lowest BCUT2D eigenvalue weighted by Gasteiger charge is -2.13. The summed E-state index contributed by atoms with van der Waals surface area (Å²) >= 11 is 0. The van der Waals surface area contributed by atoms with E-state index in [9.17, 15) is 10.3 Å². The third-order valence-electron chi connectivity index (χ3n) is 1.96. The van der Waals surface area contributed by atoms with Crippen LogP contribution in [-0.2, 0) is 0 Å². The van der Waals surface area contributed by atoms with E-state index in [0.29, 0.717) is 10.6 Å². The smallest absolute Gasteiger partial charge is 0.209 e. The van der Waals surface area contributed by atoms with Crippen molar-refractivity contribution in [3.05, 3.63) is 35.5 Å². The Balaban J connectivity index is 2.38. The second kappa shape index (κ2) is 6.35. The summed E-state index contributed by atoms with van der Waals surface area (Å²) in [6.45, 7) is 5.45. The van der Waals surface area contributed by atoms with Crippen molar-refractivity contribution >= 4 is 0 Å². The fourth-order valence-electron chi connectivity index (χ4n) is 1.32. The number of aliphatic hydroxyl groups is 1. The molecule has 0 bridgehead atoms. The second-order valence-corrected chi connectivity index (χ2v) is 5.08. The average Bonchev–Trinajstić information content (AvgIpc) is 2.25. The first-order valence-corrected chi connectivity index (χ1v) is 5.90. The van der Waals surface area contributed by atoms with Crippen molar-refractivity contribution < 1.29 is 14.7 Å². The molecule has 18 heavy (non-hydrogen) atoms. The molecule has 1 unspecified atom stereocenters. The van der Waals surface area contributed by atoms with Gasteiger partial charge in [-0.15, -0.1) is 0 Å². The van der Waals surface area contributed by atoms with Crippen LogP contribution in [0.15, 0.2) is 35.4 Å². The Bertz CT molecular complexity index is 385. The quantitative estimate of drug-likeness (QED) is 0.496. The average molecular weight is 252 g/mol. The van der Waals surface area contributed by atoms with Gasteiger partial charge in [0, 0.05) is 0 Å². The van der Waals surface area contributed by atoms with Gasteiger partial charge in [0.1, 0.15) is 24.0 Å². The van der Waals surface area contributed by atoms with Gasteiger partial charge in [-0.3, -0.25) is 0 Å². The molecular weight excluding hydrogens is 232 g/mol. The minimum Gasteiger partial charge on any atom is -0.600 e. The Morgan fingerprint density at radius 1 is 1.33 bits per heavy atom. The van der Waals surface area contributed by atoms with E-state index >= 15 is 0 Å². The highest BCUT2D eigenvalue weighted by Gasteiger charge is 2.16. The maximum Gasteiger partial charge on any atom is 0.209 e. The highest BCUT2D eigenvalue weighted by Crippen LogP contribution is 2.09. The summed E-state index contributed by atoms with van der Waals surface area (Å²) in [6.07, 6.45) is -0.867. The Hall–Kier alpha value is -1.62. The Labute approximate surface area is 107 Å². The van der Waals surface area contributed by atoms with Crippen molar-refractivity contribution in [2.45, 2.75) is 32.4 Å².